The van der Waals surface area contributed by atoms with Gasteiger partial charge in [0.15, 0.2) is 11.5 Å². The minimum absolute atomic E-state index is 0.0582. The molecule has 1 aliphatic rings. The van der Waals surface area contributed by atoms with Crippen LogP contribution in [0, 0.1) is 0 Å². The molecule has 1 heterocycles. The summed E-state index contributed by atoms with van der Waals surface area (Å²) in [5.41, 5.74) is 2.10. The highest BCUT2D eigenvalue weighted by Crippen LogP contribution is 2.28. The van der Waals surface area contributed by atoms with Crippen LogP contribution in [-0.2, 0) is 16.0 Å². The van der Waals surface area contributed by atoms with Crippen molar-refractivity contribution in [3.05, 3.63) is 78.4 Å². The lowest BCUT2D eigenvalue weighted by Gasteiger charge is -2.34. The number of rotatable bonds is 10. The summed E-state index contributed by atoms with van der Waals surface area (Å²) in [6.07, 6.45) is 7.29. The zero-order valence-corrected chi connectivity index (χ0v) is 19.2. The molecule has 0 atom stereocenters. The Balaban J connectivity index is 1.44. The fraction of sp³-hybridized carbons (Fsp3) is 0.333. The molecule has 2 amide bonds. The van der Waals surface area contributed by atoms with Gasteiger partial charge < -0.3 is 19.3 Å². The first kappa shape index (κ1) is 24.1. The third kappa shape index (κ3) is 7.24. The van der Waals surface area contributed by atoms with E-state index in [1.54, 1.807) is 30.2 Å². The van der Waals surface area contributed by atoms with Gasteiger partial charge in [0.05, 0.1) is 7.11 Å². The summed E-state index contributed by atoms with van der Waals surface area (Å²) < 4.78 is 10.9. The van der Waals surface area contributed by atoms with Crippen molar-refractivity contribution < 1.29 is 19.1 Å². The molecular weight excluding hydrogens is 416 g/mol. The van der Waals surface area contributed by atoms with Gasteiger partial charge in [0.25, 0.3) is 0 Å². The molecular formula is C27H32N2O4. The van der Waals surface area contributed by atoms with Crippen LogP contribution in [0.3, 0.4) is 0 Å². The Hall–Kier alpha value is -3.54. The van der Waals surface area contributed by atoms with E-state index in [-0.39, 0.29) is 11.8 Å². The van der Waals surface area contributed by atoms with Crippen LogP contribution in [0.1, 0.15) is 24.0 Å². The Labute approximate surface area is 196 Å². The van der Waals surface area contributed by atoms with Crippen molar-refractivity contribution in [1.29, 1.82) is 0 Å². The molecule has 0 N–H and O–H groups in total. The Kier molecular flexibility index (Phi) is 9.12. The zero-order chi connectivity index (χ0) is 23.5. The molecule has 0 unspecified atom stereocenters. The first-order chi connectivity index (χ1) is 16.1. The fourth-order valence-corrected chi connectivity index (χ4v) is 3.75. The molecule has 1 aliphatic heterocycles. The number of hydrogen-bond acceptors (Lipinski definition) is 4. The van der Waals surface area contributed by atoms with Crippen molar-refractivity contribution in [3.63, 3.8) is 0 Å². The Morgan fingerprint density at radius 1 is 1.00 bits per heavy atom. The van der Waals surface area contributed by atoms with Gasteiger partial charge >= 0.3 is 0 Å². The summed E-state index contributed by atoms with van der Waals surface area (Å²) in [4.78, 5) is 28.8. The predicted molar refractivity (Wildman–Crippen MR) is 130 cm³/mol. The van der Waals surface area contributed by atoms with E-state index in [4.69, 9.17) is 9.47 Å². The number of hydrogen-bond donors (Lipinski definition) is 0. The number of benzene rings is 2. The van der Waals surface area contributed by atoms with E-state index in [1.807, 2.05) is 41.3 Å². The van der Waals surface area contributed by atoms with E-state index in [2.05, 4.69) is 18.7 Å². The number of methoxy groups -OCH3 is 1. The van der Waals surface area contributed by atoms with Crippen LogP contribution in [0.15, 0.2) is 67.3 Å². The van der Waals surface area contributed by atoms with Gasteiger partial charge in [-0.15, -0.1) is 0 Å². The molecule has 3 rings (SSSR count). The number of ether oxygens (including phenoxy) is 2. The van der Waals surface area contributed by atoms with Crippen molar-refractivity contribution in [2.24, 2.45) is 0 Å². The molecule has 6 nitrogen and oxygen atoms in total. The molecule has 0 saturated carbocycles. The lowest BCUT2D eigenvalue weighted by molar-refractivity contribution is -0.137. The molecule has 2 aromatic carbocycles. The number of aryl methyl sites for hydroxylation is 1. The second-order valence-corrected chi connectivity index (χ2v) is 7.89. The van der Waals surface area contributed by atoms with Crippen LogP contribution >= 0.6 is 0 Å². The largest absolute Gasteiger partial charge is 0.493 e. The average Bonchev–Trinajstić information content (AvgIpc) is 2.86. The van der Waals surface area contributed by atoms with Crippen LogP contribution in [-0.4, -0.2) is 61.5 Å². The highest BCUT2D eigenvalue weighted by molar-refractivity contribution is 5.92. The predicted octanol–water partition coefficient (Wildman–Crippen LogP) is 3.97. The summed E-state index contributed by atoms with van der Waals surface area (Å²) in [6.45, 7) is 6.28. The SMILES string of the molecule is C=CCOc1ccc(/C=C/C(=O)N2CCN(C(=O)CCCc3ccccc3)CC2)cc1OC. The lowest BCUT2D eigenvalue weighted by Crippen LogP contribution is -2.50. The Morgan fingerprint density at radius 3 is 2.42 bits per heavy atom. The van der Waals surface area contributed by atoms with Gasteiger partial charge in [-0.05, 0) is 42.2 Å². The molecule has 0 spiro atoms. The van der Waals surface area contributed by atoms with Crippen molar-refractivity contribution >= 4 is 17.9 Å². The summed E-state index contributed by atoms with van der Waals surface area (Å²) in [5, 5.41) is 0. The number of nitrogens with zero attached hydrogens (tertiary/aromatic N) is 2. The second kappa shape index (κ2) is 12.5. The van der Waals surface area contributed by atoms with Gasteiger partial charge in [-0.2, -0.15) is 0 Å². The third-order valence-corrected chi connectivity index (χ3v) is 5.61. The molecule has 2 aromatic rings. The monoisotopic (exact) mass is 448 g/mol. The molecule has 1 saturated heterocycles. The van der Waals surface area contributed by atoms with E-state index < -0.39 is 0 Å². The molecule has 0 aromatic heterocycles. The minimum Gasteiger partial charge on any atom is -0.493 e. The van der Waals surface area contributed by atoms with Crippen molar-refractivity contribution in [2.75, 3.05) is 39.9 Å². The normalized spacial score (nSPS) is 13.7. The maximum Gasteiger partial charge on any atom is 0.246 e. The van der Waals surface area contributed by atoms with Gasteiger partial charge in [-0.3, -0.25) is 9.59 Å². The van der Waals surface area contributed by atoms with Gasteiger partial charge in [0, 0.05) is 38.7 Å². The molecule has 0 aliphatic carbocycles. The standard InChI is InChI=1S/C27H32N2O4/c1-3-20-33-24-14-12-23(21-25(24)32-2)13-15-27(31)29-18-16-28(17-19-29)26(30)11-7-10-22-8-5-4-6-9-22/h3-6,8-9,12-15,21H,1,7,10-11,16-20H2,2H3/b15-13+. The molecule has 33 heavy (non-hydrogen) atoms. The van der Waals surface area contributed by atoms with Gasteiger partial charge in [-0.25, -0.2) is 0 Å². The summed E-state index contributed by atoms with van der Waals surface area (Å²) in [5.74, 6) is 1.34. The number of amides is 2. The second-order valence-electron chi connectivity index (χ2n) is 7.89. The Morgan fingerprint density at radius 2 is 1.73 bits per heavy atom. The van der Waals surface area contributed by atoms with E-state index in [0.29, 0.717) is 50.7 Å². The van der Waals surface area contributed by atoms with Gasteiger partial charge in [0.1, 0.15) is 6.61 Å². The molecule has 1 fully saturated rings. The van der Waals surface area contributed by atoms with E-state index in [0.717, 1.165) is 18.4 Å². The van der Waals surface area contributed by atoms with Crippen LogP contribution in [0.2, 0.25) is 0 Å². The Bertz CT molecular complexity index is 963. The average molecular weight is 449 g/mol. The van der Waals surface area contributed by atoms with Crippen LogP contribution in [0.4, 0.5) is 0 Å². The lowest BCUT2D eigenvalue weighted by atomic mass is 10.1. The van der Waals surface area contributed by atoms with E-state index >= 15 is 0 Å². The van der Waals surface area contributed by atoms with E-state index in [9.17, 15) is 9.59 Å². The quantitative estimate of drug-likeness (QED) is 0.408. The van der Waals surface area contributed by atoms with Crippen LogP contribution in [0.25, 0.3) is 6.08 Å². The summed E-state index contributed by atoms with van der Waals surface area (Å²) in [7, 11) is 1.58. The van der Waals surface area contributed by atoms with Crippen LogP contribution in [0.5, 0.6) is 11.5 Å². The molecule has 6 heteroatoms. The first-order valence-electron chi connectivity index (χ1n) is 11.3. The maximum atomic E-state index is 12.6. The smallest absolute Gasteiger partial charge is 0.246 e. The van der Waals surface area contributed by atoms with Crippen molar-refractivity contribution in [1.82, 2.24) is 9.80 Å². The van der Waals surface area contributed by atoms with Crippen LogP contribution < -0.4 is 9.47 Å². The van der Waals surface area contributed by atoms with Crippen molar-refractivity contribution in [3.8, 4) is 11.5 Å². The number of carbonyl (C=O) groups is 2. The molecule has 174 valence electrons. The molecule has 0 radical (unpaired) electrons. The topological polar surface area (TPSA) is 59.1 Å². The highest BCUT2D eigenvalue weighted by Gasteiger charge is 2.22. The minimum atomic E-state index is -0.0582. The summed E-state index contributed by atoms with van der Waals surface area (Å²) in [6, 6.07) is 15.7. The zero-order valence-electron chi connectivity index (χ0n) is 19.2. The van der Waals surface area contributed by atoms with Gasteiger partial charge in [-0.1, -0.05) is 49.1 Å². The maximum absolute atomic E-state index is 12.6. The van der Waals surface area contributed by atoms with Gasteiger partial charge in [0.2, 0.25) is 11.8 Å². The molecule has 0 bridgehead atoms. The summed E-state index contributed by atoms with van der Waals surface area (Å²) >= 11 is 0. The first-order valence-corrected chi connectivity index (χ1v) is 11.3. The third-order valence-electron chi connectivity index (χ3n) is 5.61. The highest BCUT2D eigenvalue weighted by atomic mass is 16.5. The van der Waals surface area contributed by atoms with Crippen molar-refractivity contribution in [2.45, 2.75) is 19.3 Å². The fourth-order valence-electron chi connectivity index (χ4n) is 3.75. The van der Waals surface area contributed by atoms with E-state index in [1.165, 1.54) is 5.56 Å². The number of carbonyl (C=O) groups excluding carboxylic acids is 2. The number of piperazine rings is 1.